The maximum Gasteiger partial charge on any atom is 0.184 e. The number of benzene rings is 1. The Morgan fingerprint density at radius 1 is 1.04 bits per heavy atom. The molecule has 0 amide bonds. The van der Waals surface area contributed by atoms with Crippen molar-refractivity contribution in [3.8, 4) is 0 Å². The summed E-state index contributed by atoms with van der Waals surface area (Å²) in [7, 11) is 2.01. The van der Waals surface area contributed by atoms with Gasteiger partial charge in [-0.25, -0.2) is 4.57 Å². The smallest absolute Gasteiger partial charge is 0.184 e. The fourth-order valence-corrected chi connectivity index (χ4v) is 3.32. The number of ether oxygens (including phenoxy) is 2. The molecule has 0 spiro atoms. The maximum atomic E-state index is 9.70. The van der Waals surface area contributed by atoms with Gasteiger partial charge in [-0.3, -0.25) is 0 Å². The van der Waals surface area contributed by atoms with Crippen LogP contribution in [0.15, 0.2) is 48.8 Å². The SMILES string of the molecule is CCC1CC(CC(C)O)OC(c2ccc(/C=C/c3cc[n+](C)cc3)cc2)O1. The number of rotatable bonds is 6. The third-order valence-corrected chi connectivity index (χ3v) is 4.90. The van der Waals surface area contributed by atoms with E-state index in [1.165, 1.54) is 5.56 Å². The second-order valence-electron chi connectivity index (χ2n) is 7.37. The van der Waals surface area contributed by atoms with Crippen LogP contribution in [-0.2, 0) is 16.5 Å². The Hall–Kier alpha value is -2.01. The van der Waals surface area contributed by atoms with E-state index in [1.807, 2.05) is 30.9 Å². The van der Waals surface area contributed by atoms with Crippen LogP contribution < -0.4 is 4.57 Å². The van der Waals surface area contributed by atoms with Crippen molar-refractivity contribution in [3.05, 3.63) is 65.5 Å². The minimum atomic E-state index is -0.362. The summed E-state index contributed by atoms with van der Waals surface area (Å²) in [5.41, 5.74) is 3.32. The topological polar surface area (TPSA) is 42.6 Å². The molecule has 1 aliphatic rings. The fraction of sp³-hybridized carbons (Fsp3) is 0.435. The Balaban J connectivity index is 1.67. The third kappa shape index (κ3) is 5.73. The molecular formula is C23H30NO3+. The lowest BCUT2D eigenvalue weighted by Crippen LogP contribution is -2.35. The third-order valence-electron chi connectivity index (χ3n) is 4.90. The molecule has 1 aromatic heterocycles. The van der Waals surface area contributed by atoms with Crippen molar-refractivity contribution in [2.45, 2.75) is 57.7 Å². The summed E-state index contributed by atoms with van der Waals surface area (Å²) in [5.74, 6) is 0. The Bertz CT molecular complexity index is 737. The van der Waals surface area contributed by atoms with E-state index in [2.05, 4.69) is 55.5 Å². The molecule has 1 aliphatic heterocycles. The predicted molar refractivity (Wildman–Crippen MR) is 107 cm³/mol. The molecule has 0 radical (unpaired) electrons. The van der Waals surface area contributed by atoms with Gasteiger partial charge in [0.15, 0.2) is 18.7 Å². The average Bonchev–Trinajstić information content (AvgIpc) is 2.67. The predicted octanol–water partition coefficient (Wildman–Crippen LogP) is 4.04. The number of pyridine rings is 1. The van der Waals surface area contributed by atoms with E-state index < -0.39 is 0 Å². The Labute approximate surface area is 162 Å². The molecule has 0 aliphatic carbocycles. The van der Waals surface area contributed by atoms with Gasteiger partial charge in [-0.15, -0.1) is 0 Å². The van der Waals surface area contributed by atoms with Crippen LogP contribution in [0.5, 0.6) is 0 Å². The molecule has 0 saturated carbocycles. The zero-order chi connectivity index (χ0) is 19.2. The highest BCUT2D eigenvalue weighted by atomic mass is 16.7. The van der Waals surface area contributed by atoms with Gasteiger partial charge in [0.05, 0.1) is 18.3 Å². The molecule has 3 rings (SSSR count). The van der Waals surface area contributed by atoms with Gasteiger partial charge < -0.3 is 14.6 Å². The lowest BCUT2D eigenvalue weighted by Gasteiger charge is -2.36. The first-order valence-electron chi connectivity index (χ1n) is 9.76. The van der Waals surface area contributed by atoms with E-state index >= 15 is 0 Å². The summed E-state index contributed by atoms with van der Waals surface area (Å²) >= 11 is 0. The fourth-order valence-electron chi connectivity index (χ4n) is 3.32. The molecule has 1 saturated heterocycles. The summed E-state index contributed by atoms with van der Waals surface area (Å²) < 4.78 is 14.2. The Morgan fingerprint density at radius 3 is 2.22 bits per heavy atom. The number of nitrogens with zero attached hydrogens (tertiary/aromatic N) is 1. The van der Waals surface area contributed by atoms with Crippen LogP contribution in [0.4, 0.5) is 0 Å². The van der Waals surface area contributed by atoms with Gasteiger partial charge in [-0.1, -0.05) is 43.3 Å². The minimum absolute atomic E-state index is 0.0349. The largest absolute Gasteiger partial charge is 0.393 e. The molecular weight excluding hydrogens is 338 g/mol. The second-order valence-corrected chi connectivity index (χ2v) is 7.37. The monoisotopic (exact) mass is 368 g/mol. The molecule has 4 unspecified atom stereocenters. The number of aliphatic hydroxyl groups is 1. The lowest BCUT2D eigenvalue weighted by molar-refractivity contribution is -0.671. The van der Waals surface area contributed by atoms with Crippen molar-refractivity contribution < 1.29 is 19.1 Å². The van der Waals surface area contributed by atoms with Crippen LogP contribution in [0.25, 0.3) is 12.2 Å². The zero-order valence-electron chi connectivity index (χ0n) is 16.4. The highest BCUT2D eigenvalue weighted by Crippen LogP contribution is 2.33. The Kier molecular flexibility index (Phi) is 6.78. The highest BCUT2D eigenvalue weighted by Gasteiger charge is 2.30. The number of aliphatic hydroxyl groups excluding tert-OH is 1. The summed E-state index contributed by atoms with van der Waals surface area (Å²) in [4.78, 5) is 0. The van der Waals surface area contributed by atoms with E-state index in [9.17, 15) is 5.11 Å². The number of hydrogen-bond acceptors (Lipinski definition) is 3. The van der Waals surface area contributed by atoms with Crippen LogP contribution >= 0.6 is 0 Å². The van der Waals surface area contributed by atoms with Gasteiger partial charge in [0.25, 0.3) is 0 Å². The van der Waals surface area contributed by atoms with Crippen LogP contribution in [-0.4, -0.2) is 23.4 Å². The second kappa shape index (κ2) is 9.27. The average molecular weight is 368 g/mol. The van der Waals surface area contributed by atoms with E-state index in [0.29, 0.717) is 6.42 Å². The maximum absolute atomic E-state index is 9.70. The summed E-state index contributed by atoms with van der Waals surface area (Å²) in [5, 5.41) is 9.70. The van der Waals surface area contributed by atoms with Gasteiger partial charge >= 0.3 is 0 Å². The first kappa shape index (κ1) is 19.7. The van der Waals surface area contributed by atoms with Crippen LogP contribution in [0.3, 0.4) is 0 Å². The molecule has 4 atom stereocenters. The standard InChI is InChI=1S/C23H30NO3/c1-4-21-16-22(15-17(2)25)27-23(26-21)20-9-7-18(8-10-20)5-6-19-11-13-24(3)14-12-19/h5-14,17,21-23,25H,4,15-16H2,1-3H3/q+1/b6-5+. The van der Waals surface area contributed by atoms with Crippen molar-refractivity contribution in [1.82, 2.24) is 0 Å². The molecule has 4 heteroatoms. The number of aromatic nitrogens is 1. The van der Waals surface area contributed by atoms with Gasteiger partial charge in [-0.2, -0.15) is 0 Å². The first-order chi connectivity index (χ1) is 13.0. The normalized spacial score (nSPS) is 24.2. The molecule has 1 aromatic carbocycles. The number of aryl methyl sites for hydroxylation is 1. The van der Waals surface area contributed by atoms with Gasteiger partial charge in [0.2, 0.25) is 0 Å². The molecule has 1 fully saturated rings. The summed E-state index contributed by atoms with van der Waals surface area (Å²) in [6.45, 7) is 3.94. The summed E-state index contributed by atoms with van der Waals surface area (Å²) in [6, 6.07) is 12.5. The number of hydrogen-bond donors (Lipinski definition) is 1. The van der Waals surface area contributed by atoms with Gasteiger partial charge in [-0.05, 0) is 30.9 Å². The van der Waals surface area contributed by atoms with E-state index in [0.717, 1.165) is 24.0 Å². The molecule has 4 nitrogen and oxygen atoms in total. The molecule has 2 aromatic rings. The first-order valence-corrected chi connectivity index (χ1v) is 9.76. The van der Waals surface area contributed by atoms with Crippen molar-refractivity contribution in [2.24, 2.45) is 7.05 Å². The Morgan fingerprint density at radius 2 is 1.63 bits per heavy atom. The van der Waals surface area contributed by atoms with E-state index in [1.54, 1.807) is 0 Å². The minimum Gasteiger partial charge on any atom is -0.393 e. The van der Waals surface area contributed by atoms with Crippen LogP contribution in [0.1, 0.15) is 56.1 Å². The highest BCUT2D eigenvalue weighted by molar-refractivity contribution is 5.69. The van der Waals surface area contributed by atoms with Crippen LogP contribution in [0, 0.1) is 0 Å². The van der Waals surface area contributed by atoms with Crippen molar-refractivity contribution in [1.29, 1.82) is 0 Å². The lowest BCUT2D eigenvalue weighted by atomic mass is 10.0. The molecule has 2 heterocycles. The van der Waals surface area contributed by atoms with Gasteiger partial charge in [0.1, 0.15) is 7.05 Å². The van der Waals surface area contributed by atoms with Crippen molar-refractivity contribution in [2.75, 3.05) is 0 Å². The molecule has 1 N–H and O–H groups in total. The van der Waals surface area contributed by atoms with E-state index in [-0.39, 0.29) is 24.6 Å². The van der Waals surface area contributed by atoms with Crippen molar-refractivity contribution in [3.63, 3.8) is 0 Å². The van der Waals surface area contributed by atoms with Crippen LogP contribution in [0.2, 0.25) is 0 Å². The summed E-state index contributed by atoms with van der Waals surface area (Å²) in [6.07, 6.45) is 10.2. The van der Waals surface area contributed by atoms with Crippen molar-refractivity contribution >= 4 is 12.2 Å². The molecule has 27 heavy (non-hydrogen) atoms. The quantitative estimate of drug-likeness (QED) is 0.783. The molecule has 0 bridgehead atoms. The molecule has 144 valence electrons. The van der Waals surface area contributed by atoms with Gasteiger partial charge in [0, 0.05) is 24.1 Å². The zero-order valence-corrected chi connectivity index (χ0v) is 16.4. The van der Waals surface area contributed by atoms with E-state index in [4.69, 9.17) is 9.47 Å².